The van der Waals surface area contributed by atoms with Crippen molar-refractivity contribution in [2.75, 3.05) is 0 Å². The Labute approximate surface area is 233 Å². The summed E-state index contributed by atoms with van der Waals surface area (Å²) in [6, 6.07) is 22.8. The van der Waals surface area contributed by atoms with E-state index in [1.54, 1.807) is 0 Å². The zero-order valence-electron chi connectivity index (χ0n) is 25.1. The van der Waals surface area contributed by atoms with E-state index < -0.39 is 0 Å². The molecule has 0 unspecified atom stereocenters. The normalized spacial score (nSPS) is 14.7. The Hall–Kier alpha value is -3.39. The molecule has 0 fully saturated rings. The minimum atomic E-state index is -0.0582. The Morgan fingerprint density at radius 3 is 2.00 bits per heavy atom. The van der Waals surface area contributed by atoms with E-state index in [1.807, 2.05) is 0 Å². The fraction of sp³-hybridized carbons (Fsp3) is 0.378. The highest BCUT2D eigenvalue weighted by atomic mass is 16.3. The van der Waals surface area contributed by atoms with Gasteiger partial charge in [-0.1, -0.05) is 90.1 Å². The van der Waals surface area contributed by atoms with Gasteiger partial charge >= 0.3 is 0 Å². The van der Waals surface area contributed by atoms with Crippen molar-refractivity contribution >= 4 is 21.9 Å². The van der Waals surface area contributed by atoms with Crippen LogP contribution in [0.3, 0.4) is 0 Å². The number of pyridine rings is 1. The first-order valence-corrected chi connectivity index (χ1v) is 14.3. The predicted molar refractivity (Wildman–Crippen MR) is 164 cm³/mol. The molecule has 1 aliphatic carbocycles. The molecule has 0 spiro atoms. The number of hydrogen-bond acceptors (Lipinski definition) is 1. The lowest BCUT2D eigenvalue weighted by molar-refractivity contribution is -0.660. The lowest BCUT2D eigenvalue weighted by atomic mass is 9.62. The summed E-state index contributed by atoms with van der Waals surface area (Å²) in [7, 11) is 2.12. The Kier molecular flexibility index (Phi) is 5.67. The maximum Gasteiger partial charge on any atom is 0.216 e. The smallest absolute Gasteiger partial charge is 0.216 e. The highest BCUT2D eigenvalue weighted by Gasteiger charge is 2.48. The molecule has 2 heterocycles. The van der Waals surface area contributed by atoms with Crippen molar-refractivity contribution in [3.05, 3.63) is 89.1 Å². The van der Waals surface area contributed by atoms with Gasteiger partial charge in [0.2, 0.25) is 5.69 Å². The maximum atomic E-state index is 7.05. The average molecular weight is 517 g/mol. The minimum absolute atomic E-state index is 0.0582. The van der Waals surface area contributed by atoms with Gasteiger partial charge < -0.3 is 4.42 Å². The number of aromatic nitrogens is 1. The van der Waals surface area contributed by atoms with Crippen LogP contribution in [0.1, 0.15) is 76.6 Å². The third-order valence-electron chi connectivity index (χ3n) is 8.47. The van der Waals surface area contributed by atoms with E-state index in [0.717, 1.165) is 24.0 Å². The predicted octanol–water partition coefficient (Wildman–Crippen LogP) is 9.83. The summed E-state index contributed by atoms with van der Waals surface area (Å²) in [6.45, 7) is 18.7. The molecule has 5 aromatic rings. The van der Waals surface area contributed by atoms with E-state index in [4.69, 9.17) is 4.42 Å². The molecule has 0 aliphatic heterocycles. The Morgan fingerprint density at radius 2 is 1.33 bits per heavy atom. The van der Waals surface area contributed by atoms with Crippen LogP contribution in [0.2, 0.25) is 0 Å². The summed E-state index contributed by atoms with van der Waals surface area (Å²) >= 11 is 0. The highest BCUT2D eigenvalue weighted by molar-refractivity contribution is 6.14. The fourth-order valence-corrected chi connectivity index (χ4v) is 7.43. The van der Waals surface area contributed by atoms with Crippen LogP contribution in [0.15, 0.2) is 71.3 Å². The standard InChI is InChI=1S/C37H42NO/c1-23-18-19-38(9)30(20-23)31-24(2)14-15-25-26-16-17-29-32(34(26)39-33(25)31)27-12-10-11-13-28(27)37(29,21-35(3,4)5)22-36(6,7)8/h10-20H,21-22H2,1-9H3/q+1. The molecular weight excluding hydrogens is 474 g/mol. The molecule has 2 aromatic heterocycles. The zero-order chi connectivity index (χ0) is 27.9. The summed E-state index contributed by atoms with van der Waals surface area (Å²) in [4.78, 5) is 0. The largest absolute Gasteiger partial charge is 0.454 e. The molecule has 0 saturated heterocycles. The van der Waals surface area contributed by atoms with Crippen LogP contribution in [0, 0.1) is 24.7 Å². The van der Waals surface area contributed by atoms with Crippen molar-refractivity contribution in [1.82, 2.24) is 0 Å². The topological polar surface area (TPSA) is 17.0 Å². The van der Waals surface area contributed by atoms with Crippen LogP contribution in [-0.4, -0.2) is 0 Å². The van der Waals surface area contributed by atoms with Crippen LogP contribution in [0.4, 0.5) is 0 Å². The minimum Gasteiger partial charge on any atom is -0.454 e. The fourth-order valence-electron chi connectivity index (χ4n) is 7.43. The maximum absolute atomic E-state index is 7.05. The van der Waals surface area contributed by atoms with Gasteiger partial charge in [-0.25, -0.2) is 4.57 Å². The molecule has 0 bridgehead atoms. The molecule has 39 heavy (non-hydrogen) atoms. The second kappa shape index (κ2) is 8.55. The Bertz CT molecular complexity index is 1740. The second-order valence-corrected chi connectivity index (χ2v) is 14.4. The van der Waals surface area contributed by atoms with E-state index in [9.17, 15) is 0 Å². The molecule has 0 radical (unpaired) electrons. The number of benzene rings is 3. The van der Waals surface area contributed by atoms with Crippen molar-refractivity contribution in [3.8, 4) is 22.4 Å². The Morgan fingerprint density at radius 1 is 0.718 bits per heavy atom. The van der Waals surface area contributed by atoms with Gasteiger partial charge in [0.05, 0.1) is 5.56 Å². The molecule has 0 atom stereocenters. The molecule has 2 heteroatoms. The molecule has 2 nitrogen and oxygen atoms in total. The van der Waals surface area contributed by atoms with E-state index >= 15 is 0 Å². The van der Waals surface area contributed by atoms with Crippen LogP contribution in [0.5, 0.6) is 0 Å². The summed E-state index contributed by atoms with van der Waals surface area (Å²) in [6.07, 6.45) is 4.33. The third kappa shape index (κ3) is 4.11. The van der Waals surface area contributed by atoms with Crippen molar-refractivity contribution in [3.63, 3.8) is 0 Å². The number of hydrogen-bond donors (Lipinski definition) is 0. The first kappa shape index (κ1) is 25.9. The van der Waals surface area contributed by atoms with E-state index in [-0.39, 0.29) is 16.2 Å². The van der Waals surface area contributed by atoms with Crippen molar-refractivity contribution in [2.24, 2.45) is 17.9 Å². The number of rotatable bonds is 3. The molecule has 0 N–H and O–H groups in total. The van der Waals surface area contributed by atoms with Crippen LogP contribution >= 0.6 is 0 Å². The average Bonchev–Trinajstić information content (AvgIpc) is 3.33. The SMILES string of the molecule is Cc1cc[n+](C)c(-c2c(C)ccc3c2oc2c4c(ccc23)C(CC(C)(C)C)(CC(C)(C)C)c2ccccc2-4)c1. The van der Waals surface area contributed by atoms with Gasteiger partial charge in [0.1, 0.15) is 18.2 Å². The summed E-state index contributed by atoms with van der Waals surface area (Å²) in [5.74, 6) is 0. The van der Waals surface area contributed by atoms with Gasteiger partial charge in [-0.15, -0.1) is 0 Å². The number of nitrogens with zero attached hydrogens (tertiary/aromatic N) is 1. The summed E-state index contributed by atoms with van der Waals surface area (Å²) < 4.78 is 9.26. The van der Waals surface area contributed by atoms with Gasteiger partial charge in [-0.2, -0.15) is 0 Å². The van der Waals surface area contributed by atoms with Gasteiger partial charge in [0, 0.05) is 33.9 Å². The molecule has 3 aromatic carbocycles. The van der Waals surface area contributed by atoms with Gasteiger partial charge in [0.15, 0.2) is 6.20 Å². The van der Waals surface area contributed by atoms with Crippen LogP contribution in [0.25, 0.3) is 44.3 Å². The van der Waals surface area contributed by atoms with Crippen LogP contribution in [-0.2, 0) is 12.5 Å². The first-order valence-electron chi connectivity index (χ1n) is 14.3. The van der Waals surface area contributed by atoms with Crippen molar-refractivity contribution in [2.45, 2.75) is 73.6 Å². The number of furan rings is 1. The number of fused-ring (bicyclic) bond motifs is 7. The lowest BCUT2D eigenvalue weighted by Gasteiger charge is -2.42. The third-order valence-corrected chi connectivity index (χ3v) is 8.47. The van der Waals surface area contributed by atoms with E-state index in [2.05, 4.69) is 134 Å². The van der Waals surface area contributed by atoms with Crippen molar-refractivity contribution < 1.29 is 8.98 Å². The number of aryl methyl sites for hydroxylation is 3. The highest BCUT2D eigenvalue weighted by Crippen LogP contribution is 2.60. The van der Waals surface area contributed by atoms with Gasteiger partial charge in [-0.3, -0.25) is 0 Å². The quantitative estimate of drug-likeness (QED) is 0.218. The van der Waals surface area contributed by atoms with E-state index in [1.165, 1.54) is 55.4 Å². The lowest BCUT2D eigenvalue weighted by Crippen LogP contribution is -2.35. The van der Waals surface area contributed by atoms with Crippen LogP contribution < -0.4 is 4.57 Å². The molecule has 1 aliphatic rings. The molecule has 0 saturated carbocycles. The van der Waals surface area contributed by atoms with E-state index in [0.29, 0.717) is 0 Å². The monoisotopic (exact) mass is 516 g/mol. The zero-order valence-corrected chi connectivity index (χ0v) is 25.1. The molecular formula is C37H42NO+. The first-order chi connectivity index (χ1) is 18.3. The second-order valence-electron chi connectivity index (χ2n) is 14.4. The molecule has 0 amide bonds. The summed E-state index contributed by atoms with van der Waals surface area (Å²) in [5.41, 5.74) is 12.7. The van der Waals surface area contributed by atoms with Gasteiger partial charge in [0.25, 0.3) is 0 Å². The molecule has 200 valence electrons. The Balaban J connectivity index is 1.72. The molecule has 6 rings (SSSR count). The van der Waals surface area contributed by atoms with Gasteiger partial charge in [-0.05, 0) is 65.3 Å². The summed E-state index contributed by atoms with van der Waals surface area (Å²) in [5, 5.41) is 2.40. The van der Waals surface area contributed by atoms with Crippen molar-refractivity contribution in [1.29, 1.82) is 0 Å².